The minimum atomic E-state index is -0.749. The monoisotopic (exact) mass is 541 g/mol. The average Bonchev–Trinajstić information content (AvgIpc) is 3.55. The van der Waals surface area contributed by atoms with E-state index in [2.05, 4.69) is 42.2 Å². The van der Waals surface area contributed by atoms with Crippen molar-refractivity contribution in [3.63, 3.8) is 0 Å². The predicted octanol–water partition coefficient (Wildman–Crippen LogP) is 6.00. The fraction of sp³-hybridized carbons (Fsp3) is 0.0870. The Balaban J connectivity index is 1.64. The molecule has 180 valence electrons. The average molecular weight is 543 g/mol. The second-order valence-electron chi connectivity index (χ2n) is 7.71. The molecule has 0 bridgehead atoms. The third kappa shape index (κ3) is 4.28. The van der Waals surface area contributed by atoms with Crippen LogP contribution in [0.15, 0.2) is 48.9 Å². The summed E-state index contributed by atoms with van der Waals surface area (Å²) >= 11 is 18.5. The Hall–Kier alpha value is -3.91. The standard InChI is InChI=1S/C23H15Cl3FN9/c1-36-18(4-5-31-36)23(17-10-30-35-34-17)32-12-6-13-21(11(8-28)9-29-22(13)15(25)7-12)33-16-3-2-14(24)19(26)20(16)27/h2-7,9-10,23,32H,1H3,(H,29,33)(H,30,34,35)/t23-/m1/s1. The van der Waals surface area contributed by atoms with Crippen molar-refractivity contribution in [2.75, 3.05) is 10.6 Å². The van der Waals surface area contributed by atoms with Crippen LogP contribution in [0.25, 0.3) is 10.9 Å². The molecular weight excluding hydrogens is 528 g/mol. The number of rotatable bonds is 6. The van der Waals surface area contributed by atoms with Gasteiger partial charge in [-0.25, -0.2) is 4.39 Å². The molecule has 3 aromatic heterocycles. The first-order chi connectivity index (χ1) is 17.4. The molecule has 3 heterocycles. The second-order valence-corrected chi connectivity index (χ2v) is 8.91. The number of nitrogens with zero attached hydrogens (tertiary/aromatic N) is 6. The van der Waals surface area contributed by atoms with Crippen LogP contribution in [0.3, 0.4) is 0 Å². The van der Waals surface area contributed by atoms with E-state index in [1.807, 2.05) is 13.1 Å². The number of hydrogen-bond acceptors (Lipinski definition) is 7. The summed E-state index contributed by atoms with van der Waals surface area (Å²) in [5.74, 6) is -0.749. The first-order valence-corrected chi connectivity index (χ1v) is 11.5. The first-order valence-electron chi connectivity index (χ1n) is 10.4. The first kappa shape index (κ1) is 23.8. The minimum absolute atomic E-state index is 0.0400. The molecule has 0 spiro atoms. The number of aryl methyl sites for hydroxylation is 1. The van der Waals surface area contributed by atoms with E-state index in [9.17, 15) is 9.65 Å². The van der Waals surface area contributed by atoms with Gasteiger partial charge in [0.25, 0.3) is 0 Å². The molecule has 13 heteroatoms. The summed E-state index contributed by atoms with van der Waals surface area (Å²) < 4.78 is 16.5. The van der Waals surface area contributed by atoms with Gasteiger partial charge in [0.05, 0.1) is 49.4 Å². The molecule has 0 saturated heterocycles. The molecule has 0 aliphatic carbocycles. The molecule has 0 radical (unpaired) electrons. The van der Waals surface area contributed by atoms with E-state index in [-0.39, 0.29) is 21.3 Å². The highest BCUT2D eigenvalue weighted by Crippen LogP contribution is 2.38. The Morgan fingerprint density at radius 2 is 1.97 bits per heavy atom. The minimum Gasteiger partial charge on any atom is -0.371 e. The van der Waals surface area contributed by atoms with Gasteiger partial charge in [-0.2, -0.15) is 25.8 Å². The fourth-order valence-corrected chi connectivity index (χ4v) is 4.38. The van der Waals surface area contributed by atoms with Crippen molar-refractivity contribution in [3.05, 3.63) is 86.8 Å². The van der Waals surface area contributed by atoms with E-state index in [4.69, 9.17) is 34.8 Å². The summed E-state index contributed by atoms with van der Waals surface area (Å²) in [5.41, 5.74) is 2.98. The quantitative estimate of drug-likeness (QED) is 0.225. The smallest absolute Gasteiger partial charge is 0.166 e. The zero-order valence-electron chi connectivity index (χ0n) is 18.4. The van der Waals surface area contributed by atoms with E-state index in [1.165, 1.54) is 18.3 Å². The van der Waals surface area contributed by atoms with Crippen LogP contribution in [0.2, 0.25) is 15.1 Å². The Morgan fingerprint density at radius 3 is 2.67 bits per heavy atom. The number of benzene rings is 2. The van der Waals surface area contributed by atoms with Crippen LogP contribution >= 0.6 is 34.8 Å². The highest BCUT2D eigenvalue weighted by atomic mass is 35.5. The lowest BCUT2D eigenvalue weighted by Gasteiger charge is -2.20. The molecule has 3 N–H and O–H groups in total. The number of fused-ring (bicyclic) bond motifs is 1. The summed E-state index contributed by atoms with van der Waals surface area (Å²) in [4.78, 5) is 4.34. The van der Waals surface area contributed by atoms with E-state index >= 15 is 0 Å². The molecule has 0 aliphatic heterocycles. The van der Waals surface area contributed by atoms with E-state index in [0.29, 0.717) is 33.0 Å². The van der Waals surface area contributed by atoms with Crippen molar-refractivity contribution in [1.82, 2.24) is 30.2 Å². The van der Waals surface area contributed by atoms with Crippen molar-refractivity contribution in [2.24, 2.45) is 7.05 Å². The molecule has 5 rings (SSSR count). The largest absolute Gasteiger partial charge is 0.371 e. The van der Waals surface area contributed by atoms with Gasteiger partial charge in [0, 0.05) is 30.5 Å². The van der Waals surface area contributed by atoms with Gasteiger partial charge >= 0.3 is 0 Å². The molecular formula is C23H15Cl3FN9. The van der Waals surface area contributed by atoms with E-state index in [1.54, 1.807) is 29.2 Å². The number of aromatic amines is 1. The zero-order valence-corrected chi connectivity index (χ0v) is 20.7. The van der Waals surface area contributed by atoms with Crippen LogP contribution in [0, 0.1) is 17.1 Å². The third-order valence-electron chi connectivity index (χ3n) is 5.54. The number of halogens is 4. The van der Waals surface area contributed by atoms with Gasteiger partial charge in [-0.15, -0.1) is 0 Å². The maximum absolute atomic E-state index is 14.8. The predicted molar refractivity (Wildman–Crippen MR) is 136 cm³/mol. The van der Waals surface area contributed by atoms with Gasteiger partial charge in [-0.1, -0.05) is 34.8 Å². The second kappa shape index (κ2) is 9.62. The number of nitrogens with one attached hydrogen (secondary N) is 3. The van der Waals surface area contributed by atoms with E-state index < -0.39 is 11.9 Å². The summed E-state index contributed by atoms with van der Waals surface area (Å²) in [6.45, 7) is 0. The maximum atomic E-state index is 14.8. The molecule has 9 nitrogen and oxygen atoms in total. The molecule has 36 heavy (non-hydrogen) atoms. The molecule has 0 amide bonds. The lowest BCUT2D eigenvalue weighted by atomic mass is 10.1. The van der Waals surface area contributed by atoms with Crippen LogP contribution < -0.4 is 10.6 Å². The normalized spacial score (nSPS) is 11.9. The lowest BCUT2D eigenvalue weighted by Crippen LogP contribution is -2.16. The Morgan fingerprint density at radius 1 is 1.14 bits per heavy atom. The number of hydrogen-bond donors (Lipinski definition) is 3. The molecule has 0 unspecified atom stereocenters. The molecule has 5 aromatic rings. The summed E-state index contributed by atoms with van der Waals surface area (Å²) in [7, 11) is 1.81. The van der Waals surface area contributed by atoms with Gasteiger partial charge in [0.2, 0.25) is 0 Å². The number of H-pyrrole nitrogens is 1. The zero-order chi connectivity index (χ0) is 25.4. The van der Waals surface area contributed by atoms with Gasteiger partial charge in [-0.05, 0) is 30.3 Å². The van der Waals surface area contributed by atoms with E-state index in [0.717, 1.165) is 5.69 Å². The van der Waals surface area contributed by atoms with Crippen molar-refractivity contribution < 1.29 is 4.39 Å². The number of nitriles is 1. The molecule has 0 saturated carbocycles. The summed E-state index contributed by atoms with van der Waals surface area (Å²) in [5, 5.41) is 31.7. The topological polar surface area (TPSA) is 120 Å². The Labute approximate surface area is 218 Å². The maximum Gasteiger partial charge on any atom is 0.166 e. The fourth-order valence-electron chi connectivity index (χ4n) is 3.80. The third-order valence-corrected chi connectivity index (χ3v) is 6.60. The SMILES string of the molecule is Cn1nccc1[C@H](Nc1cc(Cl)c2ncc(C#N)c(Nc3ccc(Cl)c(Cl)c3F)c2c1)c1cn[nH]n1. The summed E-state index contributed by atoms with van der Waals surface area (Å²) in [6, 6.07) is 9.86. The van der Waals surface area contributed by atoms with Crippen molar-refractivity contribution in [1.29, 1.82) is 5.26 Å². The highest BCUT2D eigenvalue weighted by Gasteiger charge is 2.22. The van der Waals surface area contributed by atoms with Crippen LogP contribution in [0.5, 0.6) is 0 Å². The molecule has 0 fully saturated rings. The van der Waals surface area contributed by atoms with Crippen LogP contribution in [0.4, 0.5) is 21.5 Å². The Bertz CT molecular complexity index is 1630. The van der Waals surface area contributed by atoms with Crippen molar-refractivity contribution >= 4 is 62.8 Å². The summed E-state index contributed by atoms with van der Waals surface area (Å²) in [6.07, 6.45) is 4.64. The van der Waals surface area contributed by atoms with Gasteiger partial charge in [-0.3, -0.25) is 9.67 Å². The highest BCUT2D eigenvalue weighted by molar-refractivity contribution is 6.42. The number of anilines is 3. The van der Waals surface area contributed by atoms with Gasteiger partial charge < -0.3 is 10.6 Å². The lowest BCUT2D eigenvalue weighted by molar-refractivity contribution is 0.632. The van der Waals surface area contributed by atoms with Crippen LogP contribution in [-0.4, -0.2) is 30.2 Å². The number of pyridine rings is 1. The molecule has 0 aliphatic rings. The molecule has 2 aromatic carbocycles. The van der Waals surface area contributed by atoms with Crippen LogP contribution in [0.1, 0.15) is 23.0 Å². The number of aromatic nitrogens is 6. The molecule has 1 atom stereocenters. The van der Waals surface area contributed by atoms with Gasteiger partial charge in [0.15, 0.2) is 5.82 Å². The van der Waals surface area contributed by atoms with Crippen LogP contribution in [-0.2, 0) is 7.05 Å². The van der Waals surface area contributed by atoms with Gasteiger partial charge in [0.1, 0.15) is 17.8 Å². The van der Waals surface area contributed by atoms with Crippen molar-refractivity contribution in [2.45, 2.75) is 6.04 Å². The van der Waals surface area contributed by atoms with Crippen molar-refractivity contribution in [3.8, 4) is 6.07 Å². The Kier molecular flexibility index (Phi) is 6.36.